The first-order valence-electron chi connectivity index (χ1n) is 7.39. The molecule has 0 N–H and O–H groups in total. The van der Waals surface area contributed by atoms with Crippen LogP contribution in [-0.4, -0.2) is 34.4 Å². The van der Waals surface area contributed by atoms with E-state index in [0.717, 1.165) is 28.2 Å². The number of hydrogen-bond acceptors (Lipinski definition) is 3. The summed E-state index contributed by atoms with van der Waals surface area (Å²) in [6.45, 7) is 10.5. The highest BCUT2D eigenvalue weighted by molar-refractivity contribution is 7.99. The third-order valence-electron chi connectivity index (χ3n) is 3.81. The molecule has 1 aliphatic heterocycles. The predicted molar refractivity (Wildman–Crippen MR) is 87.3 cm³/mol. The summed E-state index contributed by atoms with van der Waals surface area (Å²) in [5.74, 6) is 1.01. The number of ketones is 1. The second-order valence-electron chi connectivity index (χ2n) is 6.33. The molecular weight excluding hydrogens is 282 g/mol. The molecule has 2 rings (SSSR count). The lowest BCUT2D eigenvalue weighted by atomic mass is 9.90. The molecule has 0 aliphatic carbocycles. The van der Waals surface area contributed by atoms with Crippen molar-refractivity contribution in [3.63, 3.8) is 0 Å². The van der Waals surface area contributed by atoms with Crippen LogP contribution in [0.4, 0.5) is 0 Å². The second kappa shape index (κ2) is 5.84. The first-order valence-corrected chi connectivity index (χ1v) is 8.37. The van der Waals surface area contributed by atoms with E-state index in [1.165, 1.54) is 0 Å². The van der Waals surface area contributed by atoms with Gasteiger partial charge in [0.05, 0.1) is 5.56 Å². The van der Waals surface area contributed by atoms with Crippen molar-refractivity contribution in [3.05, 3.63) is 28.8 Å². The van der Waals surface area contributed by atoms with Gasteiger partial charge in [-0.25, -0.2) is 0 Å². The highest BCUT2D eigenvalue weighted by Gasteiger charge is 2.35. The fraction of sp³-hybridized carbons (Fsp3) is 0.529. The van der Waals surface area contributed by atoms with Gasteiger partial charge in [-0.05, 0) is 57.6 Å². The van der Waals surface area contributed by atoms with Gasteiger partial charge in [-0.2, -0.15) is 0 Å². The molecule has 1 aromatic rings. The average molecular weight is 305 g/mol. The van der Waals surface area contributed by atoms with E-state index in [9.17, 15) is 9.59 Å². The third kappa shape index (κ3) is 3.00. The molecule has 1 aromatic carbocycles. The van der Waals surface area contributed by atoms with E-state index >= 15 is 0 Å². The quantitative estimate of drug-likeness (QED) is 0.629. The normalized spacial score (nSPS) is 15.1. The number of carbonyl (C=O) groups is 2. The molecule has 0 saturated heterocycles. The molecule has 0 atom stereocenters. The van der Waals surface area contributed by atoms with E-state index in [1.807, 2.05) is 17.0 Å². The van der Waals surface area contributed by atoms with Crippen molar-refractivity contribution >= 4 is 23.5 Å². The van der Waals surface area contributed by atoms with E-state index in [1.54, 1.807) is 18.7 Å². The number of carbonyl (C=O) groups excluding carboxylic acids is 2. The van der Waals surface area contributed by atoms with Crippen LogP contribution >= 0.6 is 11.8 Å². The molecule has 21 heavy (non-hydrogen) atoms. The van der Waals surface area contributed by atoms with Crippen LogP contribution in [0, 0.1) is 0 Å². The van der Waals surface area contributed by atoms with Crippen molar-refractivity contribution in [1.82, 2.24) is 4.90 Å². The van der Waals surface area contributed by atoms with Gasteiger partial charge in [0.1, 0.15) is 0 Å². The summed E-state index contributed by atoms with van der Waals surface area (Å²) < 4.78 is 0. The maximum Gasteiger partial charge on any atom is 0.255 e. The molecule has 0 fully saturated rings. The maximum absolute atomic E-state index is 12.9. The standard InChI is InChI=1S/C17H23NO2S/c1-6-21-14-8-7-12(11(2)19)13-9-10-18(17(3,4)5)16(20)15(13)14/h7-8H,6,9-10H2,1-5H3. The van der Waals surface area contributed by atoms with E-state index in [2.05, 4.69) is 27.7 Å². The number of thioether (sulfide) groups is 1. The molecule has 0 unspecified atom stereocenters. The van der Waals surface area contributed by atoms with Crippen molar-refractivity contribution in [3.8, 4) is 0 Å². The number of nitrogens with zero attached hydrogens (tertiary/aromatic N) is 1. The van der Waals surface area contributed by atoms with Crippen molar-refractivity contribution < 1.29 is 9.59 Å². The zero-order valence-electron chi connectivity index (χ0n) is 13.4. The Morgan fingerprint density at radius 3 is 2.52 bits per heavy atom. The zero-order valence-corrected chi connectivity index (χ0v) is 14.3. The summed E-state index contributed by atoms with van der Waals surface area (Å²) >= 11 is 1.67. The van der Waals surface area contributed by atoms with Crippen molar-refractivity contribution in [2.75, 3.05) is 12.3 Å². The van der Waals surface area contributed by atoms with Gasteiger partial charge in [0.25, 0.3) is 5.91 Å². The smallest absolute Gasteiger partial charge is 0.255 e. The maximum atomic E-state index is 12.9. The van der Waals surface area contributed by atoms with Crippen LogP contribution in [0.15, 0.2) is 17.0 Å². The van der Waals surface area contributed by atoms with Crippen molar-refractivity contribution in [2.24, 2.45) is 0 Å². The number of amides is 1. The first-order chi connectivity index (χ1) is 9.77. The van der Waals surface area contributed by atoms with Gasteiger partial charge < -0.3 is 4.90 Å². The minimum absolute atomic E-state index is 0.0382. The second-order valence-corrected chi connectivity index (χ2v) is 7.64. The van der Waals surface area contributed by atoms with Crippen molar-refractivity contribution in [1.29, 1.82) is 0 Å². The zero-order chi connectivity index (χ0) is 15.8. The molecule has 1 heterocycles. The van der Waals surface area contributed by atoms with E-state index in [-0.39, 0.29) is 17.2 Å². The Labute approximate surface area is 131 Å². The Morgan fingerprint density at radius 2 is 2.00 bits per heavy atom. The summed E-state index contributed by atoms with van der Waals surface area (Å²) in [6.07, 6.45) is 0.755. The number of rotatable bonds is 3. The van der Waals surface area contributed by atoms with Gasteiger partial charge in [-0.3, -0.25) is 9.59 Å². The molecule has 1 aliphatic rings. The number of hydrogen-bond donors (Lipinski definition) is 0. The summed E-state index contributed by atoms with van der Waals surface area (Å²) in [5.41, 5.74) is 2.18. The van der Waals surface area contributed by atoms with Crippen LogP contribution in [-0.2, 0) is 6.42 Å². The fourth-order valence-electron chi connectivity index (χ4n) is 2.83. The topological polar surface area (TPSA) is 37.4 Å². The molecule has 0 bridgehead atoms. The molecule has 1 amide bonds. The largest absolute Gasteiger partial charge is 0.333 e. The minimum atomic E-state index is -0.199. The highest BCUT2D eigenvalue weighted by Crippen LogP contribution is 2.34. The SMILES string of the molecule is CCSc1ccc(C(C)=O)c2c1C(=O)N(C(C)(C)C)CC2. The van der Waals surface area contributed by atoms with Gasteiger partial charge in [-0.1, -0.05) is 6.92 Å². The van der Waals surface area contributed by atoms with Crippen LogP contribution in [0.3, 0.4) is 0 Å². The molecule has 4 heteroatoms. The third-order valence-corrected chi connectivity index (χ3v) is 4.75. The summed E-state index contributed by atoms with van der Waals surface area (Å²) in [6, 6.07) is 3.80. The van der Waals surface area contributed by atoms with Gasteiger partial charge >= 0.3 is 0 Å². The number of Topliss-reactive ketones (excluding diaryl/α,β-unsaturated/α-hetero) is 1. The van der Waals surface area contributed by atoms with E-state index < -0.39 is 0 Å². The predicted octanol–water partition coefficient (Wildman–Crippen LogP) is 3.80. The minimum Gasteiger partial charge on any atom is -0.333 e. The molecule has 114 valence electrons. The van der Waals surface area contributed by atoms with Crippen LogP contribution in [0.1, 0.15) is 60.9 Å². The Bertz CT molecular complexity index is 587. The van der Waals surface area contributed by atoms with E-state index in [4.69, 9.17) is 0 Å². The van der Waals surface area contributed by atoms with Crippen LogP contribution in [0.5, 0.6) is 0 Å². The van der Waals surface area contributed by atoms with E-state index in [0.29, 0.717) is 12.1 Å². The van der Waals surface area contributed by atoms with Gasteiger partial charge in [0, 0.05) is 22.5 Å². The molecule has 0 aromatic heterocycles. The number of fused-ring (bicyclic) bond motifs is 1. The molecular formula is C17H23NO2S. The fourth-order valence-corrected chi connectivity index (χ4v) is 3.66. The molecule has 0 radical (unpaired) electrons. The van der Waals surface area contributed by atoms with Gasteiger partial charge in [0.15, 0.2) is 5.78 Å². The van der Waals surface area contributed by atoms with Gasteiger partial charge in [-0.15, -0.1) is 11.8 Å². The first kappa shape index (κ1) is 16.1. The highest BCUT2D eigenvalue weighted by atomic mass is 32.2. The Kier molecular flexibility index (Phi) is 4.47. The monoisotopic (exact) mass is 305 g/mol. The van der Waals surface area contributed by atoms with Crippen LogP contribution in [0.25, 0.3) is 0 Å². The summed E-state index contributed by atoms with van der Waals surface area (Å²) in [4.78, 5) is 27.7. The molecule has 3 nitrogen and oxygen atoms in total. The van der Waals surface area contributed by atoms with Gasteiger partial charge in [0.2, 0.25) is 0 Å². The van der Waals surface area contributed by atoms with Crippen molar-refractivity contribution in [2.45, 2.75) is 51.5 Å². The van der Waals surface area contributed by atoms with Crippen LogP contribution < -0.4 is 0 Å². The molecule has 0 saturated carbocycles. The lowest BCUT2D eigenvalue weighted by molar-refractivity contribution is 0.0557. The Balaban J connectivity index is 2.60. The lowest BCUT2D eigenvalue weighted by Crippen LogP contribution is -2.49. The Hall–Kier alpha value is -1.29. The molecule has 0 spiro atoms. The lowest BCUT2D eigenvalue weighted by Gasteiger charge is -2.40. The number of benzene rings is 1. The average Bonchev–Trinajstić information content (AvgIpc) is 2.37. The summed E-state index contributed by atoms with van der Waals surface area (Å²) in [5, 5.41) is 0. The summed E-state index contributed by atoms with van der Waals surface area (Å²) in [7, 11) is 0. The van der Waals surface area contributed by atoms with Crippen LogP contribution in [0.2, 0.25) is 0 Å². The Morgan fingerprint density at radius 1 is 1.33 bits per heavy atom.